The summed E-state index contributed by atoms with van der Waals surface area (Å²) in [6.07, 6.45) is 0.752. The van der Waals surface area contributed by atoms with E-state index in [1.54, 1.807) is 0 Å². The molecule has 0 aliphatic rings. The average molecular weight is 159 g/mol. The SMILES string of the molecule is CC(C)COCCCO[C]=O. The van der Waals surface area contributed by atoms with Gasteiger partial charge in [-0.2, -0.15) is 0 Å². The van der Waals surface area contributed by atoms with E-state index in [1.807, 2.05) is 0 Å². The van der Waals surface area contributed by atoms with Crippen LogP contribution >= 0.6 is 0 Å². The highest BCUT2D eigenvalue weighted by atomic mass is 16.5. The lowest BCUT2D eigenvalue weighted by molar-refractivity contribution is 0.0963. The van der Waals surface area contributed by atoms with Crippen LogP contribution in [0.15, 0.2) is 0 Å². The number of carbonyl (C=O) groups excluding carboxylic acids is 1. The van der Waals surface area contributed by atoms with E-state index in [0.717, 1.165) is 13.0 Å². The molecule has 0 bridgehead atoms. The molecule has 0 saturated carbocycles. The Kier molecular flexibility index (Phi) is 7.15. The van der Waals surface area contributed by atoms with E-state index >= 15 is 0 Å². The van der Waals surface area contributed by atoms with Gasteiger partial charge in [-0.05, 0) is 5.92 Å². The summed E-state index contributed by atoms with van der Waals surface area (Å²) >= 11 is 0. The summed E-state index contributed by atoms with van der Waals surface area (Å²) in [5.41, 5.74) is 0. The molecule has 0 aromatic heterocycles. The maximum atomic E-state index is 9.56. The fourth-order valence-corrected chi connectivity index (χ4v) is 0.594. The predicted octanol–water partition coefficient (Wildman–Crippen LogP) is 1.13. The molecule has 11 heavy (non-hydrogen) atoms. The van der Waals surface area contributed by atoms with Crippen molar-refractivity contribution < 1.29 is 14.3 Å². The van der Waals surface area contributed by atoms with E-state index in [-0.39, 0.29) is 0 Å². The van der Waals surface area contributed by atoms with Crippen LogP contribution in [0.3, 0.4) is 0 Å². The van der Waals surface area contributed by atoms with Crippen molar-refractivity contribution in [3.05, 3.63) is 0 Å². The lowest BCUT2D eigenvalue weighted by Crippen LogP contribution is -2.05. The van der Waals surface area contributed by atoms with Crippen molar-refractivity contribution in [3.8, 4) is 0 Å². The van der Waals surface area contributed by atoms with Crippen molar-refractivity contribution in [2.45, 2.75) is 20.3 Å². The van der Waals surface area contributed by atoms with Crippen LogP contribution in [0, 0.1) is 5.92 Å². The molecule has 0 aliphatic heterocycles. The van der Waals surface area contributed by atoms with Gasteiger partial charge >= 0.3 is 6.47 Å². The zero-order valence-corrected chi connectivity index (χ0v) is 7.13. The molecule has 0 unspecified atom stereocenters. The van der Waals surface area contributed by atoms with E-state index in [9.17, 15) is 4.79 Å². The Morgan fingerprint density at radius 2 is 2.09 bits per heavy atom. The van der Waals surface area contributed by atoms with Crippen LogP contribution in [-0.4, -0.2) is 26.3 Å². The fourth-order valence-electron chi connectivity index (χ4n) is 0.594. The highest BCUT2D eigenvalue weighted by Crippen LogP contribution is 1.93. The van der Waals surface area contributed by atoms with E-state index in [4.69, 9.17) is 4.74 Å². The van der Waals surface area contributed by atoms with Crippen molar-refractivity contribution in [1.29, 1.82) is 0 Å². The Balaban J connectivity index is 2.85. The largest absolute Gasteiger partial charge is 0.457 e. The maximum Gasteiger partial charge on any atom is 0.417 e. The minimum atomic E-state index is 0.404. The Labute approximate surface area is 67.7 Å². The summed E-state index contributed by atoms with van der Waals surface area (Å²) in [4.78, 5) is 9.56. The van der Waals surface area contributed by atoms with E-state index in [0.29, 0.717) is 19.1 Å². The topological polar surface area (TPSA) is 35.5 Å². The van der Waals surface area contributed by atoms with Crippen molar-refractivity contribution in [2.24, 2.45) is 5.92 Å². The van der Waals surface area contributed by atoms with Gasteiger partial charge in [0, 0.05) is 19.6 Å². The molecule has 0 heterocycles. The summed E-state index contributed by atoms with van der Waals surface area (Å²) in [6, 6.07) is 0. The van der Waals surface area contributed by atoms with Gasteiger partial charge in [0.15, 0.2) is 0 Å². The first-order valence-electron chi connectivity index (χ1n) is 3.84. The zero-order chi connectivity index (χ0) is 8.53. The predicted molar refractivity (Wildman–Crippen MR) is 41.9 cm³/mol. The van der Waals surface area contributed by atoms with Crippen molar-refractivity contribution in [1.82, 2.24) is 0 Å². The van der Waals surface area contributed by atoms with Crippen molar-refractivity contribution in [3.63, 3.8) is 0 Å². The smallest absolute Gasteiger partial charge is 0.417 e. The van der Waals surface area contributed by atoms with Crippen LogP contribution in [0.1, 0.15) is 20.3 Å². The van der Waals surface area contributed by atoms with Gasteiger partial charge in [-0.1, -0.05) is 13.8 Å². The van der Waals surface area contributed by atoms with Gasteiger partial charge < -0.3 is 9.47 Å². The van der Waals surface area contributed by atoms with Crippen LogP contribution in [0.2, 0.25) is 0 Å². The first-order valence-corrected chi connectivity index (χ1v) is 3.84. The van der Waals surface area contributed by atoms with Crippen LogP contribution < -0.4 is 0 Å². The Hall–Kier alpha value is -0.570. The molecule has 0 saturated heterocycles. The second kappa shape index (κ2) is 7.54. The minimum Gasteiger partial charge on any atom is -0.457 e. The Bertz CT molecular complexity index is 91.3. The highest BCUT2D eigenvalue weighted by molar-refractivity contribution is 5.37. The first-order chi connectivity index (χ1) is 5.27. The van der Waals surface area contributed by atoms with Crippen LogP contribution in [-0.2, 0) is 14.3 Å². The third kappa shape index (κ3) is 9.43. The van der Waals surface area contributed by atoms with E-state index < -0.39 is 0 Å². The molecule has 0 atom stereocenters. The molecule has 0 N–H and O–H groups in total. The van der Waals surface area contributed by atoms with Gasteiger partial charge in [0.05, 0.1) is 6.61 Å². The third-order valence-corrected chi connectivity index (χ3v) is 1.05. The summed E-state index contributed by atoms with van der Waals surface area (Å²) in [6.45, 7) is 7.37. The molecule has 0 aromatic carbocycles. The molecule has 1 radical (unpaired) electrons. The summed E-state index contributed by atoms with van der Waals surface area (Å²) in [5, 5.41) is 0. The number of hydrogen-bond donors (Lipinski definition) is 0. The van der Waals surface area contributed by atoms with Crippen LogP contribution in [0.5, 0.6) is 0 Å². The summed E-state index contributed by atoms with van der Waals surface area (Å²) in [7, 11) is 0. The molecule has 0 amide bonds. The maximum absolute atomic E-state index is 9.56. The fraction of sp³-hybridized carbons (Fsp3) is 0.875. The molecule has 0 aromatic rings. The van der Waals surface area contributed by atoms with E-state index in [1.165, 1.54) is 6.47 Å². The molecular formula is C8H15O3. The number of ether oxygens (including phenoxy) is 2. The van der Waals surface area contributed by atoms with Gasteiger partial charge in [0.2, 0.25) is 0 Å². The van der Waals surface area contributed by atoms with Gasteiger partial charge in [0.25, 0.3) is 0 Å². The lowest BCUT2D eigenvalue weighted by atomic mass is 10.2. The monoisotopic (exact) mass is 159 g/mol. The van der Waals surface area contributed by atoms with Gasteiger partial charge in [-0.25, -0.2) is 4.79 Å². The zero-order valence-electron chi connectivity index (χ0n) is 7.13. The second-order valence-electron chi connectivity index (χ2n) is 2.75. The molecule has 3 heteroatoms. The second-order valence-corrected chi connectivity index (χ2v) is 2.75. The normalized spacial score (nSPS) is 10.1. The van der Waals surface area contributed by atoms with Gasteiger partial charge in [0.1, 0.15) is 0 Å². The Morgan fingerprint density at radius 3 is 2.64 bits per heavy atom. The molecule has 0 aliphatic carbocycles. The van der Waals surface area contributed by atoms with Gasteiger partial charge in [-0.3, -0.25) is 0 Å². The number of rotatable bonds is 7. The minimum absolute atomic E-state index is 0.404. The molecule has 0 rings (SSSR count). The van der Waals surface area contributed by atoms with E-state index in [2.05, 4.69) is 18.6 Å². The highest BCUT2D eigenvalue weighted by Gasteiger charge is 1.93. The number of hydrogen-bond acceptors (Lipinski definition) is 3. The molecule has 0 spiro atoms. The third-order valence-electron chi connectivity index (χ3n) is 1.05. The first kappa shape index (κ1) is 10.4. The average Bonchev–Trinajstić information content (AvgIpc) is 1.96. The van der Waals surface area contributed by atoms with Crippen molar-refractivity contribution >= 4 is 6.47 Å². The lowest BCUT2D eigenvalue weighted by Gasteiger charge is -2.05. The van der Waals surface area contributed by atoms with Crippen LogP contribution in [0.25, 0.3) is 0 Å². The molecule has 0 fully saturated rings. The summed E-state index contributed by atoms with van der Waals surface area (Å²) < 4.78 is 9.59. The molecule has 65 valence electrons. The van der Waals surface area contributed by atoms with Gasteiger partial charge in [-0.15, -0.1) is 0 Å². The quantitative estimate of drug-likeness (QED) is 0.522. The van der Waals surface area contributed by atoms with Crippen LogP contribution in [0.4, 0.5) is 0 Å². The molecular weight excluding hydrogens is 144 g/mol. The summed E-state index contributed by atoms with van der Waals surface area (Å²) in [5.74, 6) is 0.563. The molecule has 3 nitrogen and oxygen atoms in total. The Morgan fingerprint density at radius 1 is 1.36 bits per heavy atom. The standard InChI is InChI=1S/C8H15O3/c1-8(2)6-10-4-3-5-11-7-9/h8H,3-6H2,1-2H3. The van der Waals surface area contributed by atoms with Crippen molar-refractivity contribution in [2.75, 3.05) is 19.8 Å².